The Labute approximate surface area is 161 Å². The number of nitrogens with zero attached hydrogens (tertiary/aromatic N) is 4. The lowest BCUT2D eigenvalue weighted by Gasteiger charge is -2.26. The molecule has 1 unspecified atom stereocenters. The van der Waals surface area contributed by atoms with E-state index in [4.69, 9.17) is 4.74 Å². The predicted octanol–water partition coefficient (Wildman–Crippen LogP) is 2.90. The fraction of sp³-hybridized carbons (Fsp3) is 0.524. The van der Waals surface area contributed by atoms with Crippen LogP contribution in [0.3, 0.4) is 0 Å². The fourth-order valence-corrected chi connectivity index (χ4v) is 3.69. The minimum atomic E-state index is 0.0696. The van der Waals surface area contributed by atoms with Crippen molar-refractivity contribution in [3.8, 4) is 5.75 Å². The largest absolute Gasteiger partial charge is 0.497 e. The lowest BCUT2D eigenvalue weighted by molar-refractivity contribution is 0.0714. The zero-order valence-corrected chi connectivity index (χ0v) is 16.6. The van der Waals surface area contributed by atoms with Gasteiger partial charge in [-0.15, -0.1) is 0 Å². The number of ether oxygens (including phenoxy) is 1. The van der Waals surface area contributed by atoms with Gasteiger partial charge in [0.05, 0.1) is 19.3 Å². The summed E-state index contributed by atoms with van der Waals surface area (Å²) in [6.45, 7) is 9.80. The van der Waals surface area contributed by atoms with Crippen molar-refractivity contribution in [2.75, 3.05) is 33.3 Å². The Bertz CT molecular complexity index is 737. The van der Waals surface area contributed by atoms with Crippen LogP contribution in [0.25, 0.3) is 0 Å². The summed E-state index contributed by atoms with van der Waals surface area (Å²) in [5.74, 6) is 1.23. The van der Waals surface area contributed by atoms with Crippen LogP contribution in [0.4, 0.5) is 0 Å². The van der Waals surface area contributed by atoms with Crippen molar-refractivity contribution < 1.29 is 9.53 Å². The molecule has 0 fully saturated rings. The molecule has 2 aromatic rings. The second kappa shape index (κ2) is 9.04. The summed E-state index contributed by atoms with van der Waals surface area (Å²) in [6.07, 6.45) is 2.89. The molecule has 27 heavy (non-hydrogen) atoms. The molecule has 3 rings (SSSR count). The molecule has 1 atom stereocenters. The molecular weight excluding hydrogens is 340 g/mol. The maximum Gasteiger partial charge on any atom is 0.254 e. The van der Waals surface area contributed by atoms with E-state index in [0.29, 0.717) is 18.0 Å². The van der Waals surface area contributed by atoms with E-state index in [1.165, 1.54) is 0 Å². The van der Waals surface area contributed by atoms with E-state index in [1.807, 2.05) is 41.4 Å². The number of amides is 1. The van der Waals surface area contributed by atoms with Crippen LogP contribution in [0.15, 0.2) is 36.5 Å². The van der Waals surface area contributed by atoms with Gasteiger partial charge in [0, 0.05) is 24.8 Å². The van der Waals surface area contributed by atoms with Crippen molar-refractivity contribution in [3.63, 3.8) is 0 Å². The molecular formula is C21H30N4O2. The topological polar surface area (TPSA) is 50.6 Å². The standard InChI is InChI=1S/C21H30N4O2/c1-4-23(5-2)13-11-17-14-24(16-19-10-12-22-25(19)15-17)21(26)18-6-8-20(27-3)9-7-18/h6-10,12,17H,4-5,11,13-16H2,1-3H3. The molecule has 0 radical (unpaired) electrons. The van der Waals surface area contributed by atoms with Crippen molar-refractivity contribution in [2.45, 2.75) is 33.4 Å². The van der Waals surface area contributed by atoms with E-state index < -0.39 is 0 Å². The SMILES string of the molecule is CCN(CC)CCC1CN(C(=O)c2ccc(OC)cc2)Cc2ccnn2C1. The van der Waals surface area contributed by atoms with Gasteiger partial charge in [-0.1, -0.05) is 13.8 Å². The summed E-state index contributed by atoms with van der Waals surface area (Å²) in [6, 6.07) is 9.38. The van der Waals surface area contributed by atoms with E-state index in [2.05, 4.69) is 28.5 Å². The van der Waals surface area contributed by atoms with Gasteiger partial charge in [0.15, 0.2) is 0 Å². The summed E-state index contributed by atoms with van der Waals surface area (Å²) in [5, 5.41) is 4.47. The second-order valence-electron chi connectivity index (χ2n) is 7.10. The molecule has 0 aliphatic carbocycles. The average molecular weight is 370 g/mol. The summed E-state index contributed by atoms with van der Waals surface area (Å²) in [4.78, 5) is 17.5. The van der Waals surface area contributed by atoms with Crippen LogP contribution in [0.2, 0.25) is 0 Å². The number of carbonyl (C=O) groups excluding carboxylic acids is 1. The lowest BCUT2D eigenvalue weighted by atomic mass is 10.0. The molecule has 6 nitrogen and oxygen atoms in total. The number of carbonyl (C=O) groups is 1. The van der Waals surface area contributed by atoms with Crippen molar-refractivity contribution in [2.24, 2.45) is 5.92 Å². The highest BCUT2D eigenvalue weighted by molar-refractivity contribution is 5.94. The van der Waals surface area contributed by atoms with Gasteiger partial charge < -0.3 is 14.5 Å². The third kappa shape index (κ3) is 4.69. The van der Waals surface area contributed by atoms with Gasteiger partial charge in [0.1, 0.15) is 5.75 Å². The molecule has 0 bridgehead atoms. The molecule has 0 saturated carbocycles. The summed E-state index contributed by atoms with van der Waals surface area (Å²) in [5.41, 5.74) is 1.80. The van der Waals surface area contributed by atoms with E-state index in [9.17, 15) is 4.79 Å². The molecule has 0 saturated heterocycles. The number of hydrogen-bond donors (Lipinski definition) is 0. The zero-order valence-electron chi connectivity index (χ0n) is 16.6. The van der Waals surface area contributed by atoms with Crippen molar-refractivity contribution >= 4 is 5.91 Å². The first-order chi connectivity index (χ1) is 13.1. The summed E-state index contributed by atoms with van der Waals surface area (Å²) >= 11 is 0. The maximum absolute atomic E-state index is 13.1. The quantitative estimate of drug-likeness (QED) is 0.752. The Balaban J connectivity index is 1.75. The minimum Gasteiger partial charge on any atom is -0.497 e. The van der Waals surface area contributed by atoms with Gasteiger partial charge in [0.2, 0.25) is 0 Å². The molecule has 1 aromatic heterocycles. The highest BCUT2D eigenvalue weighted by atomic mass is 16.5. The molecule has 1 aromatic carbocycles. The lowest BCUT2D eigenvalue weighted by Crippen LogP contribution is -2.35. The Morgan fingerprint density at radius 3 is 2.59 bits per heavy atom. The van der Waals surface area contributed by atoms with Crippen LogP contribution in [0, 0.1) is 5.92 Å². The molecule has 1 aliphatic heterocycles. The Hall–Kier alpha value is -2.34. The average Bonchev–Trinajstić information content (AvgIpc) is 3.06. The van der Waals surface area contributed by atoms with Crippen LogP contribution < -0.4 is 4.74 Å². The van der Waals surface area contributed by atoms with E-state index in [1.54, 1.807) is 7.11 Å². The number of hydrogen-bond acceptors (Lipinski definition) is 4. The first-order valence-corrected chi connectivity index (χ1v) is 9.81. The molecule has 1 amide bonds. The first kappa shape index (κ1) is 19.4. The van der Waals surface area contributed by atoms with Gasteiger partial charge in [0.25, 0.3) is 5.91 Å². The molecule has 0 N–H and O–H groups in total. The van der Waals surface area contributed by atoms with Crippen molar-refractivity contribution in [1.29, 1.82) is 0 Å². The van der Waals surface area contributed by atoms with Gasteiger partial charge in [-0.05, 0) is 62.3 Å². The molecule has 1 aliphatic rings. The van der Waals surface area contributed by atoms with E-state index in [-0.39, 0.29) is 5.91 Å². The van der Waals surface area contributed by atoms with Gasteiger partial charge in [-0.3, -0.25) is 9.48 Å². The molecule has 146 valence electrons. The van der Waals surface area contributed by atoms with Crippen LogP contribution >= 0.6 is 0 Å². The van der Waals surface area contributed by atoms with Crippen LogP contribution in [0.1, 0.15) is 36.3 Å². The Morgan fingerprint density at radius 2 is 1.93 bits per heavy atom. The highest BCUT2D eigenvalue weighted by Gasteiger charge is 2.26. The smallest absolute Gasteiger partial charge is 0.254 e. The summed E-state index contributed by atoms with van der Waals surface area (Å²) in [7, 11) is 1.63. The van der Waals surface area contributed by atoms with Crippen LogP contribution in [-0.4, -0.2) is 58.8 Å². The Kier molecular flexibility index (Phi) is 6.50. The van der Waals surface area contributed by atoms with Gasteiger partial charge in [-0.25, -0.2) is 0 Å². The summed E-state index contributed by atoms with van der Waals surface area (Å²) < 4.78 is 7.27. The first-order valence-electron chi connectivity index (χ1n) is 9.81. The zero-order chi connectivity index (χ0) is 19.2. The van der Waals surface area contributed by atoms with Gasteiger partial charge in [-0.2, -0.15) is 5.10 Å². The maximum atomic E-state index is 13.1. The number of benzene rings is 1. The molecule has 2 heterocycles. The van der Waals surface area contributed by atoms with Crippen molar-refractivity contribution in [1.82, 2.24) is 19.6 Å². The van der Waals surface area contributed by atoms with Crippen LogP contribution in [-0.2, 0) is 13.1 Å². The third-order valence-electron chi connectivity index (χ3n) is 5.44. The van der Waals surface area contributed by atoms with Gasteiger partial charge >= 0.3 is 0 Å². The predicted molar refractivity (Wildman–Crippen MR) is 106 cm³/mol. The Morgan fingerprint density at radius 1 is 1.19 bits per heavy atom. The molecule has 0 spiro atoms. The highest BCUT2D eigenvalue weighted by Crippen LogP contribution is 2.21. The molecule has 6 heteroatoms. The normalized spacial score (nSPS) is 16.9. The number of aromatic nitrogens is 2. The number of fused-ring (bicyclic) bond motifs is 1. The van der Waals surface area contributed by atoms with Crippen molar-refractivity contribution in [3.05, 3.63) is 47.8 Å². The second-order valence-corrected chi connectivity index (χ2v) is 7.10. The number of rotatable bonds is 7. The number of methoxy groups -OCH3 is 1. The van der Waals surface area contributed by atoms with E-state index >= 15 is 0 Å². The van der Waals surface area contributed by atoms with Crippen LogP contribution in [0.5, 0.6) is 5.75 Å². The third-order valence-corrected chi connectivity index (χ3v) is 5.44. The van der Waals surface area contributed by atoms with E-state index in [0.717, 1.165) is 50.6 Å². The monoisotopic (exact) mass is 370 g/mol. The fourth-order valence-electron chi connectivity index (χ4n) is 3.69. The minimum absolute atomic E-state index is 0.0696.